The average molecular weight is 348 g/mol. The van der Waals surface area contributed by atoms with Crippen LogP contribution in [0.5, 0.6) is 0 Å². The van der Waals surface area contributed by atoms with Gasteiger partial charge in [-0.15, -0.1) is 11.3 Å². The molecule has 0 saturated heterocycles. The van der Waals surface area contributed by atoms with E-state index >= 15 is 0 Å². The van der Waals surface area contributed by atoms with Crippen LogP contribution in [-0.2, 0) is 6.42 Å². The van der Waals surface area contributed by atoms with Gasteiger partial charge in [0.1, 0.15) is 10.7 Å². The molecule has 0 aliphatic rings. The number of nitrogens with one attached hydrogen (secondary N) is 1. The SMILES string of the molecule is CCc1cccc(C)c1NC(=O)c1sc2cc(F)ccc2c1Cl. The van der Waals surface area contributed by atoms with Crippen molar-refractivity contribution in [2.24, 2.45) is 0 Å². The Kier molecular flexibility index (Phi) is 4.37. The number of rotatable bonds is 3. The Morgan fingerprint density at radius 2 is 2.09 bits per heavy atom. The second-order valence-electron chi connectivity index (χ2n) is 5.30. The molecule has 2 nitrogen and oxygen atoms in total. The molecule has 0 aliphatic heterocycles. The van der Waals surface area contributed by atoms with Crippen molar-refractivity contribution in [1.82, 2.24) is 0 Å². The van der Waals surface area contributed by atoms with E-state index in [1.54, 1.807) is 6.07 Å². The van der Waals surface area contributed by atoms with Crippen LogP contribution in [0.25, 0.3) is 10.1 Å². The number of hydrogen-bond donors (Lipinski definition) is 1. The standard InChI is InChI=1S/C18H15ClFNOS/c1-3-11-6-4-5-10(2)16(11)21-18(22)17-15(19)13-8-7-12(20)9-14(13)23-17/h4-9H,3H2,1-2H3,(H,21,22). The maximum Gasteiger partial charge on any atom is 0.267 e. The van der Waals surface area contributed by atoms with Crippen molar-refractivity contribution in [3.63, 3.8) is 0 Å². The molecule has 0 spiro atoms. The van der Waals surface area contributed by atoms with E-state index in [0.717, 1.165) is 23.2 Å². The Labute approximate surface area is 142 Å². The molecule has 118 valence electrons. The molecular weight excluding hydrogens is 333 g/mol. The quantitative estimate of drug-likeness (QED) is 0.635. The molecule has 1 heterocycles. The van der Waals surface area contributed by atoms with Gasteiger partial charge in [0.15, 0.2) is 0 Å². The first-order chi connectivity index (χ1) is 11.0. The molecule has 3 rings (SSSR count). The molecule has 0 fully saturated rings. The van der Waals surface area contributed by atoms with E-state index in [9.17, 15) is 9.18 Å². The van der Waals surface area contributed by atoms with E-state index in [1.165, 1.54) is 23.5 Å². The molecule has 0 unspecified atom stereocenters. The molecule has 0 atom stereocenters. The summed E-state index contributed by atoms with van der Waals surface area (Å²) in [5, 5.41) is 4.02. The predicted octanol–water partition coefficient (Wildman–Crippen LogP) is 5.82. The van der Waals surface area contributed by atoms with E-state index in [2.05, 4.69) is 5.32 Å². The molecule has 1 aromatic heterocycles. The molecule has 1 N–H and O–H groups in total. The van der Waals surface area contributed by atoms with E-state index < -0.39 is 0 Å². The minimum absolute atomic E-state index is 0.263. The zero-order valence-corrected chi connectivity index (χ0v) is 14.3. The van der Waals surface area contributed by atoms with Crippen molar-refractivity contribution < 1.29 is 9.18 Å². The normalized spacial score (nSPS) is 11.0. The van der Waals surface area contributed by atoms with Gasteiger partial charge in [-0.05, 0) is 42.7 Å². The molecule has 0 saturated carbocycles. The first-order valence-electron chi connectivity index (χ1n) is 7.28. The van der Waals surface area contributed by atoms with Gasteiger partial charge in [0.2, 0.25) is 0 Å². The van der Waals surface area contributed by atoms with E-state index in [-0.39, 0.29) is 11.7 Å². The summed E-state index contributed by atoms with van der Waals surface area (Å²) in [5.74, 6) is -0.602. The van der Waals surface area contributed by atoms with Crippen LogP contribution in [0, 0.1) is 12.7 Å². The molecule has 0 bridgehead atoms. The van der Waals surface area contributed by atoms with Gasteiger partial charge in [0, 0.05) is 15.8 Å². The fraction of sp³-hybridized carbons (Fsp3) is 0.167. The largest absolute Gasteiger partial charge is 0.321 e. The average Bonchev–Trinajstić information content (AvgIpc) is 2.85. The number of hydrogen-bond acceptors (Lipinski definition) is 2. The summed E-state index contributed by atoms with van der Waals surface area (Å²) < 4.78 is 14.0. The molecule has 23 heavy (non-hydrogen) atoms. The van der Waals surface area contributed by atoms with Crippen LogP contribution in [0.3, 0.4) is 0 Å². The Balaban J connectivity index is 2.00. The Bertz CT molecular complexity index is 903. The summed E-state index contributed by atoms with van der Waals surface area (Å²) in [7, 11) is 0. The van der Waals surface area contributed by atoms with Crippen LogP contribution >= 0.6 is 22.9 Å². The summed E-state index contributed by atoms with van der Waals surface area (Å²) in [6.07, 6.45) is 0.822. The topological polar surface area (TPSA) is 29.1 Å². The van der Waals surface area contributed by atoms with Crippen LogP contribution < -0.4 is 5.32 Å². The second-order valence-corrected chi connectivity index (χ2v) is 6.73. The van der Waals surface area contributed by atoms with Crippen LogP contribution in [-0.4, -0.2) is 5.91 Å². The third kappa shape index (κ3) is 2.96. The molecule has 0 radical (unpaired) electrons. The summed E-state index contributed by atoms with van der Waals surface area (Å²) in [5.41, 5.74) is 2.89. The highest BCUT2D eigenvalue weighted by Gasteiger charge is 2.19. The smallest absolute Gasteiger partial charge is 0.267 e. The Morgan fingerprint density at radius 3 is 2.83 bits per heavy atom. The molecule has 0 aliphatic carbocycles. The lowest BCUT2D eigenvalue weighted by molar-refractivity contribution is 0.103. The third-order valence-corrected chi connectivity index (χ3v) is 5.43. The first-order valence-corrected chi connectivity index (χ1v) is 8.48. The summed E-state index contributed by atoms with van der Waals surface area (Å²) in [6.45, 7) is 4.00. The maximum absolute atomic E-state index is 13.3. The van der Waals surface area contributed by atoms with Gasteiger partial charge in [-0.1, -0.05) is 36.7 Å². The van der Waals surface area contributed by atoms with Gasteiger partial charge in [-0.3, -0.25) is 4.79 Å². The Morgan fingerprint density at radius 1 is 1.30 bits per heavy atom. The number of anilines is 1. The van der Waals surface area contributed by atoms with Crippen molar-refractivity contribution in [3.05, 3.63) is 63.2 Å². The van der Waals surface area contributed by atoms with E-state index in [4.69, 9.17) is 11.6 Å². The van der Waals surface area contributed by atoms with Gasteiger partial charge >= 0.3 is 0 Å². The van der Waals surface area contributed by atoms with Crippen molar-refractivity contribution in [2.45, 2.75) is 20.3 Å². The molecule has 3 aromatic rings. The highest BCUT2D eigenvalue weighted by molar-refractivity contribution is 7.21. The predicted molar refractivity (Wildman–Crippen MR) is 95.3 cm³/mol. The van der Waals surface area contributed by atoms with Crippen molar-refractivity contribution in [2.75, 3.05) is 5.32 Å². The molecule has 1 amide bonds. The highest BCUT2D eigenvalue weighted by Crippen LogP contribution is 2.36. The number of aryl methyl sites for hydroxylation is 2. The third-order valence-electron chi connectivity index (χ3n) is 3.78. The van der Waals surface area contributed by atoms with Crippen molar-refractivity contribution >= 4 is 44.6 Å². The molecule has 2 aromatic carbocycles. The number of thiophene rings is 1. The summed E-state index contributed by atoms with van der Waals surface area (Å²) in [6, 6.07) is 10.3. The number of benzene rings is 2. The Hall–Kier alpha value is -1.91. The van der Waals surface area contributed by atoms with Crippen LogP contribution in [0.2, 0.25) is 5.02 Å². The van der Waals surface area contributed by atoms with Crippen LogP contribution in [0.4, 0.5) is 10.1 Å². The summed E-state index contributed by atoms with van der Waals surface area (Å²) in [4.78, 5) is 13.0. The number of carbonyl (C=O) groups is 1. The summed E-state index contributed by atoms with van der Waals surface area (Å²) >= 11 is 7.51. The van der Waals surface area contributed by atoms with Crippen LogP contribution in [0.1, 0.15) is 27.7 Å². The number of para-hydroxylation sites is 1. The van der Waals surface area contributed by atoms with Crippen LogP contribution in [0.15, 0.2) is 36.4 Å². The fourth-order valence-electron chi connectivity index (χ4n) is 2.56. The van der Waals surface area contributed by atoms with Gasteiger partial charge in [-0.25, -0.2) is 4.39 Å². The van der Waals surface area contributed by atoms with Gasteiger partial charge < -0.3 is 5.32 Å². The zero-order valence-electron chi connectivity index (χ0n) is 12.7. The van der Waals surface area contributed by atoms with Gasteiger partial charge in [-0.2, -0.15) is 0 Å². The molecule has 5 heteroatoms. The number of fused-ring (bicyclic) bond motifs is 1. The zero-order chi connectivity index (χ0) is 16.6. The van der Waals surface area contributed by atoms with Crippen molar-refractivity contribution in [3.8, 4) is 0 Å². The maximum atomic E-state index is 13.3. The van der Waals surface area contributed by atoms with Crippen molar-refractivity contribution in [1.29, 1.82) is 0 Å². The fourth-order valence-corrected chi connectivity index (χ4v) is 3.99. The number of amides is 1. The highest BCUT2D eigenvalue weighted by atomic mass is 35.5. The van der Waals surface area contributed by atoms with E-state index in [1.807, 2.05) is 32.0 Å². The van der Waals surface area contributed by atoms with Gasteiger partial charge in [0.05, 0.1) is 5.02 Å². The second kappa shape index (κ2) is 6.30. The number of carbonyl (C=O) groups excluding carboxylic acids is 1. The minimum Gasteiger partial charge on any atom is -0.321 e. The lowest BCUT2D eigenvalue weighted by atomic mass is 10.1. The van der Waals surface area contributed by atoms with E-state index in [0.29, 0.717) is 20.0 Å². The lowest BCUT2D eigenvalue weighted by Crippen LogP contribution is -2.13. The monoisotopic (exact) mass is 347 g/mol. The first kappa shape index (κ1) is 16.0. The molecular formula is C18H15ClFNOS. The lowest BCUT2D eigenvalue weighted by Gasteiger charge is -2.12. The minimum atomic E-state index is -0.338. The number of halogens is 2. The van der Waals surface area contributed by atoms with Gasteiger partial charge in [0.25, 0.3) is 5.91 Å².